The molecule has 2 unspecified atom stereocenters. The maximum Gasteiger partial charge on any atom is 0.282 e. The number of nitrogens with one attached hydrogen (secondary N) is 1. The predicted octanol–water partition coefficient (Wildman–Crippen LogP) is 2.23. The molecule has 1 N–H and O–H groups in total. The molecule has 1 aliphatic carbocycles. The van der Waals surface area contributed by atoms with Gasteiger partial charge < -0.3 is 5.32 Å². The molecule has 7 rings (SSSR count). The van der Waals surface area contributed by atoms with Crippen molar-refractivity contribution in [2.75, 3.05) is 39.3 Å². The fraction of sp³-hybridized carbons (Fsp3) is 0.417. The van der Waals surface area contributed by atoms with Crippen molar-refractivity contribution < 1.29 is 18.0 Å². The molecule has 0 spiro atoms. The van der Waals surface area contributed by atoms with Gasteiger partial charge in [-0.2, -0.15) is 22.3 Å². The number of amides is 1. The van der Waals surface area contributed by atoms with Gasteiger partial charge in [0.2, 0.25) is 0 Å². The smallest absolute Gasteiger partial charge is 0.282 e. The number of pyridine rings is 2. The summed E-state index contributed by atoms with van der Waals surface area (Å²) in [4.78, 5) is 40.8. The zero-order valence-corrected chi connectivity index (χ0v) is 28.5. The van der Waals surface area contributed by atoms with E-state index >= 15 is 0 Å². The van der Waals surface area contributed by atoms with E-state index in [0.717, 1.165) is 11.1 Å². The number of hydrogen-bond acceptors (Lipinski definition) is 9. The van der Waals surface area contributed by atoms with E-state index in [-0.39, 0.29) is 29.6 Å². The Hall–Kier alpha value is -4.48. The number of hydrogen-bond donors (Lipinski definition) is 1. The fourth-order valence-corrected chi connectivity index (χ4v) is 9.33. The minimum absolute atomic E-state index is 0.0523. The van der Waals surface area contributed by atoms with Crippen LogP contribution in [0, 0.1) is 23.2 Å². The molecule has 4 aliphatic rings. The largest absolute Gasteiger partial charge is 0.357 e. The van der Waals surface area contributed by atoms with Gasteiger partial charge in [-0.05, 0) is 73.5 Å². The first-order valence-corrected chi connectivity index (χ1v) is 18.1. The van der Waals surface area contributed by atoms with Crippen LogP contribution >= 0.6 is 0 Å². The van der Waals surface area contributed by atoms with E-state index in [4.69, 9.17) is 0 Å². The van der Waals surface area contributed by atoms with Crippen molar-refractivity contribution >= 4 is 21.9 Å². The average molecular weight is 681 g/mol. The molecule has 2 atom stereocenters. The van der Waals surface area contributed by atoms with Crippen molar-refractivity contribution in [1.82, 2.24) is 33.7 Å². The molecular weight excluding hydrogens is 641 g/mol. The van der Waals surface area contributed by atoms with Gasteiger partial charge in [-0.25, -0.2) is 0 Å². The minimum Gasteiger partial charge on any atom is -0.357 e. The van der Waals surface area contributed by atoms with E-state index in [0.29, 0.717) is 75.1 Å². The number of ketones is 1. The first-order chi connectivity index (χ1) is 23.6. The second kappa shape index (κ2) is 13.1. The number of piperazine rings is 1. The van der Waals surface area contributed by atoms with Crippen molar-refractivity contribution in [2.24, 2.45) is 11.8 Å². The molecule has 13 heteroatoms. The van der Waals surface area contributed by atoms with Crippen LogP contribution in [0.2, 0.25) is 0 Å². The monoisotopic (exact) mass is 680 g/mol. The summed E-state index contributed by atoms with van der Waals surface area (Å²) in [7, 11) is -3.63. The average Bonchev–Trinajstić information content (AvgIpc) is 3.44. The highest BCUT2D eigenvalue weighted by Crippen LogP contribution is 2.53. The van der Waals surface area contributed by atoms with Crippen LogP contribution in [0.25, 0.3) is 0 Å². The summed E-state index contributed by atoms with van der Waals surface area (Å²) in [6.07, 6.45) is 8.95. The summed E-state index contributed by atoms with van der Waals surface area (Å²) in [5.74, 6) is -0.157. The van der Waals surface area contributed by atoms with E-state index in [2.05, 4.69) is 40.1 Å². The predicted molar refractivity (Wildman–Crippen MR) is 182 cm³/mol. The lowest BCUT2D eigenvalue weighted by atomic mass is 9.85. The van der Waals surface area contributed by atoms with Crippen LogP contribution in [0.15, 0.2) is 85.2 Å². The summed E-state index contributed by atoms with van der Waals surface area (Å²) >= 11 is 0. The van der Waals surface area contributed by atoms with Crippen LogP contribution in [0.4, 0.5) is 0 Å². The molecule has 12 nitrogen and oxygen atoms in total. The lowest BCUT2D eigenvalue weighted by molar-refractivity contribution is -0.132. The van der Waals surface area contributed by atoms with Crippen molar-refractivity contribution in [3.63, 3.8) is 0 Å². The fourth-order valence-electron chi connectivity index (χ4n) is 7.66. The molecule has 254 valence electrons. The van der Waals surface area contributed by atoms with Gasteiger partial charge in [-0.3, -0.25) is 29.4 Å². The molecule has 1 saturated carbocycles. The molecular formula is C36H40N8O4S. The van der Waals surface area contributed by atoms with E-state index in [1.807, 2.05) is 24.3 Å². The summed E-state index contributed by atoms with van der Waals surface area (Å²) in [5, 5.41) is 12.7. The third kappa shape index (κ3) is 6.37. The minimum atomic E-state index is -3.63. The first-order valence-electron chi connectivity index (χ1n) is 16.7. The number of carbonyl (C=O) groups is 2. The molecule has 0 bridgehead atoms. The molecule has 4 fully saturated rings. The van der Waals surface area contributed by atoms with Crippen LogP contribution in [-0.4, -0.2) is 105 Å². The second-order valence-electron chi connectivity index (χ2n) is 13.7. The molecule has 3 aliphatic heterocycles. The van der Waals surface area contributed by atoms with E-state index in [9.17, 15) is 23.3 Å². The maximum atomic E-state index is 14.9. The highest BCUT2D eigenvalue weighted by Gasteiger charge is 2.66. The van der Waals surface area contributed by atoms with Gasteiger partial charge in [0, 0.05) is 112 Å². The highest BCUT2D eigenvalue weighted by atomic mass is 32.2. The van der Waals surface area contributed by atoms with Gasteiger partial charge in [0.15, 0.2) is 5.78 Å². The number of aromatic nitrogens is 2. The summed E-state index contributed by atoms with van der Waals surface area (Å²) in [6.45, 7) is 7.21. The van der Waals surface area contributed by atoms with Gasteiger partial charge in [0.05, 0.1) is 11.6 Å². The number of piperidine rings is 1. The quantitative estimate of drug-likeness (QED) is 0.252. The summed E-state index contributed by atoms with van der Waals surface area (Å²) in [5.41, 5.74) is 1.55. The summed E-state index contributed by atoms with van der Waals surface area (Å²) in [6, 6.07) is 16.1. The van der Waals surface area contributed by atoms with Gasteiger partial charge >= 0.3 is 0 Å². The van der Waals surface area contributed by atoms with Crippen molar-refractivity contribution in [3.8, 4) is 6.07 Å². The molecule has 1 amide bonds. The normalized spacial score (nSPS) is 24.9. The Morgan fingerprint density at radius 1 is 0.918 bits per heavy atom. The SMILES string of the molecule is CC(C)N1CCN(S(=O)(=O)N2CC3C(C2)C3N2C(=O)C(Cc3ccncc3)(Cc3ccncc3)NC2=CC(=O)c2ccc(C#N)cc2)CC1. The maximum absolute atomic E-state index is 14.9. The van der Waals surface area contributed by atoms with Gasteiger partial charge in [-0.1, -0.05) is 0 Å². The molecule has 5 heterocycles. The van der Waals surface area contributed by atoms with Gasteiger partial charge in [0.1, 0.15) is 11.4 Å². The number of rotatable bonds is 10. The lowest BCUT2D eigenvalue weighted by Crippen LogP contribution is -2.54. The van der Waals surface area contributed by atoms with Crippen LogP contribution < -0.4 is 5.32 Å². The number of allylic oxidation sites excluding steroid dienone is 1. The Kier molecular flexibility index (Phi) is 8.83. The molecule has 49 heavy (non-hydrogen) atoms. The van der Waals surface area contributed by atoms with Crippen molar-refractivity contribution in [2.45, 2.75) is 44.3 Å². The Labute approximate surface area is 287 Å². The van der Waals surface area contributed by atoms with Crippen LogP contribution in [0.5, 0.6) is 0 Å². The number of nitrogens with zero attached hydrogens (tertiary/aromatic N) is 7. The van der Waals surface area contributed by atoms with Crippen LogP contribution in [0.3, 0.4) is 0 Å². The molecule has 0 radical (unpaired) electrons. The zero-order chi connectivity index (χ0) is 34.3. The van der Waals surface area contributed by atoms with E-state index in [1.165, 1.54) is 6.08 Å². The number of benzene rings is 1. The molecule has 2 aromatic heterocycles. The molecule has 3 aromatic rings. The standard InChI is InChI=1S/C36H40N8O4S/c1-25(2)41-15-17-42(18-16-41)49(47,48)43-23-30-31(24-43)34(30)44-33(19-32(45)29-5-3-28(22-37)4-6-29)40-36(35(44)46,20-26-7-11-38-12-8-26)21-27-9-13-39-14-10-27/h3-14,19,25,30-31,34,40H,15-18,20-21,23-24H2,1-2H3. The zero-order valence-electron chi connectivity index (χ0n) is 27.6. The van der Waals surface area contributed by atoms with Crippen LogP contribution in [-0.2, 0) is 27.8 Å². The second-order valence-corrected chi connectivity index (χ2v) is 15.6. The highest BCUT2D eigenvalue weighted by molar-refractivity contribution is 7.86. The summed E-state index contributed by atoms with van der Waals surface area (Å²) < 4.78 is 30.6. The number of carbonyl (C=O) groups excluding carboxylic acids is 2. The Morgan fingerprint density at radius 3 is 1.98 bits per heavy atom. The third-order valence-corrected chi connectivity index (χ3v) is 12.4. The lowest BCUT2D eigenvalue weighted by Gasteiger charge is -2.38. The van der Waals surface area contributed by atoms with Crippen molar-refractivity contribution in [3.05, 3.63) is 107 Å². The Bertz CT molecular complexity index is 1830. The topological polar surface area (TPSA) is 143 Å². The van der Waals surface area contributed by atoms with E-state index in [1.54, 1.807) is 62.6 Å². The third-order valence-electron chi connectivity index (χ3n) is 10.4. The van der Waals surface area contributed by atoms with Gasteiger partial charge in [0.25, 0.3) is 16.1 Å². The van der Waals surface area contributed by atoms with Gasteiger partial charge in [-0.15, -0.1) is 0 Å². The number of fused-ring (bicyclic) bond motifs is 1. The first kappa shape index (κ1) is 33.0. The Morgan fingerprint density at radius 2 is 1.47 bits per heavy atom. The van der Waals surface area contributed by atoms with Crippen LogP contribution in [0.1, 0.15) is 40.9 Å². The Balaban J connectivity index is 1.18. The molecule has 1 aromatic carbocycles. The van der Waals surface area contributed by atoms with Crippen molar-refractivity contribution in [1.29, 1.82) is 5.26 Å². The molecule has 3 saturated heterocycles. The number of nitriles is 1. The van der Waals surface area contributed by atoms with E-state index < -0.39 is 15.7 Å².